The Balaban J connectivity index is 0.00000361. The Hall–Kier alpha value is 0.620. The van der Waals surface area contributed by atoms with Crippen molar-refractivity contribution in [3.05, 3.63) is 33.1 Å². The Bertz CT molecular complexity index is 1140. The zero-order valence-electron chi connectivity index (χ0n) is 19.8. The van der Waals surface area contributed by atoms with E-state index in [1.54, 1.807) is 0 Å². The van der Waals surface area contributed by atoms with Crippen LogP contribution >= 0.6 is 15.6 Å². The average Bonchev–Trinajstić information content (AvgIpc) is 3.06. The summed E-state index contributed by atoms with van der Waals surface area (Å²) >= 11 is 0. The number of aromatic amines is 1. The van der Waals surface area contributed by atoms with Gasteiger partial charge in [0.25, 0.3) is 21.2 Å². The van der Waals surface area contributed by atoms with Gasteiger partial charge in [0, 0.05) is 12.3 Å². The third-order valence-corrected chi connectivity index (χ3v) is 7.67. The SMILES string of the molecule is O=c1ccn(C2O[C@H](COP(=O)([O-])OP(=O)([O-])OC3O[C@H](CO)[C@H](O)[C@H](O)[C@H]3O)[C@@H](O)[C@H]2O)c(=O)[nH]1.[Na+].[Na+]. The van der Waals surface area contributed by atoms with Gasteiger partial charge in [-0.1, -0.05) is 0 Å². The van der Waals surface area contributed by atoms with Crippen LogP contribution in [0.3, 0.4) is 0 Å². The Morgan fingerprint density at radius 1 is 0.921 bits per heavy atom. The predicted molar refractivity (Wildman–Crippen MR) is 104 cm³/mol. The number of hydrogen-bond donors (Lipinski definition) is 7. The fourth-order valence-corrected chi connectivity index (χ4v) is 5.42. The van der Waals surface area contributed by atoms with Crippen molar-refractivity contribution < 1.29 is 132 Å². The number of phosphoric ester groups is 2. The molecular weight excluding hydrogens is 588 g/mol. The molecule has 206 valence electrons. The molecule has 0 saturated carbocycles. The van der Waals surface area contributed by atoms with E-state index in [-0.39, 0.29) is 59.1 Å². The van der Waals surface area contributed by atoms with Crippen LogP contribution in [-0.2, 0) is 32.0 Å². The molecule has 0 aromatic carbocycles. The van der Waals surface area contributed by atoms with Crippen LogP contribution in [0.2, 0.25) is 0 Å². The van der Waals surface area contributed by atoms with E-state index in [2.05, 4.69) is 13.4 Å². The molecule has 0 aliphatic carbocycles. The number of hydrogen-bond acceptors (Lipinski definition) is 17. The molecule has 1 aromatic rings. The van der Waals surface area contributed by atoms with Crippen LogP contribution in [0.15, 0.2) is 21.9 Å². The maximum Gasteiger partial charge on any atom is 1.00 e. The largest absolute Gasteiger partial charge is 1.00 e. The third-order valence-electron chi connectivity index (χ3n) is 5.14. The van der Waals surface area contributed by atoms with E-state index in [4.69, 9.17) is 14.6 Å². The molecule has 1 aromatic heterocycles. The molecule has 2 aliphatic heterocycles. The van der Waals surface area contributed by atoms with Crippen molar-refractivity contribution in [3.8, 4) is 0 Å². The van der Waals surface area contributed by atoms with Gasteiger partial charge in [0.05, 0.1) is 13.2 Å². The molecule has 2 aliphatic rings. The first-order valence-corrected chi connectivity index (χ1v) is 12.9. The number of phosphoric acid groups is 2. The number of H-pyrrole nitrogens is 1. The van der Waals surface area contributed by atoms with E-state index in [9.17, 15) is 54.0 Å². The third kappa shape index (κ3) is 8.81. The van der Waals surface area contributed by atoms with Crippen LogP contribution in [-0.4, -0.2) is 102 Å². The molecule has 23 heteroatoms. The van der Waals surface area contributed by atoms with Gasteiger partial charge in [-0.15, -0.1) is 0 Å². The van der Waals surface area contributed by atoms with Gasteiger partial charge in [-0.25, -0.2) is 9.11 Å². The van der Waals surface area contributed by atoms with E-state index in [0.717, 1.165) is 12.3 Å². The number of aliphatic hydroxyl groups is 6. The topological polar surface area (TPSA) is 303 Å². The molecule has 3 heterocycles. The van der Waals surface area contributed by atoms with E-state index in [0.29, 0.717) is 4.57 Å². The summed E-state index contributed by atoms with van der Waals surface area (Å²) in [6.45, 7) is -2.05. The maximum atomic E-state index is 12.0. The van der Waals surface area contributed by atoms with Crippen molar-refractivity contribution >= 4 is 15.6 Å². The van der Waals surface area contributed by atoms with Crippen LogP contribution in [0.25, 0.3) is 0 Å². The summed E-state index contributed by atoms with van der Waals surface area (Å²) in [5, 5.41) is 58.4. The van der Waals surface area contributed by atoms with Crippen LogP contribution in [0.1, 0.15) is 6.23 Å². The molecule has 19 nitrogen and oxygen atoms in total. The van der Waals surface area contributed by atoms with Crippen molar-refractivity contribution in [1.82, 2.24) is 9.55 Å². The van der Waals surface area contributed by atoms with Gasteiger partial charge in [0.1, 0.15) is 42.7 Å². The standard InChI is InChI=1S/C15H24N2O17P2.2Na/c18-3-5-8(20)10(22)12(24)14(32-5)33-36(28,29)34-35(26,27)30-4-6-9(21)11(23)13(31-6)17-2-1-7(19)16-15(17)25;;/h1-2,5-6,8-14,18,20-24H,3-4H2,(H,26,27)(H,28,29)(H,16,19,25);;/q;2*+1/p-2/t5-,6-,8+,9-,10+,11-,12-,13?,14?;;/m1../s1. The molecule has 38 heavy (non-hydrogen) atoms. The van der Waals surface area contributed by atoms with Gasteiger partial charge in [-0.2, -0.15) is 0 Å². The van der Waals surface area contributed by atoms with Crippen LogP contribution in [0.4, 0.5) is 0 Å². The van der Waals surface area contributed by atoms with E-state index >= 15 is 0 Å². The molecule has 3 rings (SSSR count). The molecule has 2 saturated heterocycles. The Morgan fingerprint density at radius 2 is 1.53 bits per heavy atom. The van der Waals surface area contributed by atoms with Crippen molar-refractivity contribution in [1.29, 1.82) is 0 Å². The number of nitrogens with zero attached hydrogens (tertiary/aromatic N) is 1. The van der Waals surface area contributed by atoms with Crippen molar-refractivity contribution in [3.63, 3.8) is 0 Å². The smallest absolute Gasteiger partial charge is 0.756 e. The fraction of sp³-hybridized carbons (Fsp3) is 0.733. The van der Waals surface area contributed by atoms with Gasteiger partial charge >= 0.3 is 64.8 Å². The molecule has 11 atom stereocenters. The van der Waals surface area contributed by atoms with E-state index in [1.807, 2.05) is 4.98 Å². The maximum absolute atomic E-state index is 12.0. The first kappa shape index (κ1) is 36.6. The van der Waals surface area contributed by atoms with Gasteiger partial charge in [0.15, 0.2) is 12.5 Å². The molecule has 0 spiro atoms. The number of aliphatic hydroxyl groups excluding tert-OH is 6. The van der Waals surface area contributed by atoms with Gasteiger partial charge < -0.3 is 54.4 Å². The van der Waals surface area contributed by atoms with Crippen LogP contribution < -0.4 is 80.2 Å². The summed E-state index contributed by atoms with van der Waals surface area (Å²) in [5.74, 6) is 0. The summed E-state index contributed by atoms with van der Waals surface area (Å²) in [4.78, 5) is 48.9. The van der Waals surface area contributed by atoms with Crippen molar-refractivity contribution in [2.45, 2.75) is 55.2 Å². The van der Waals surface area contributed by atoms with Crippen molar-refractivity contribution in [2.24, 2.45) is 0 Å². The Morgan fingerprint density at radius 3 is 2.11 bits per heavy atom. The number of rotatable bonds is 9. The summed E-state index contributed by atoms with van der Waals surface area (Å²) in [5.41, 5.74) is -1.78. The predicted octanol–water partition coefficient (Wildman–Crippen LogP) is -12.0. The minimum Gasteiger partial charge on any atom is -0.756 e. The minimum atomic E-state index is -5.90. The number of nitrogens with one attached hydrogen (secondary N) is 1. The average molecular weight is 610 g/mol. The summed E-state index contributed by atoms with van der Waals surface area (Å²) in [7, 11) is -11.7. The summed E-state index contributed by atoms with van der Waals surface area (Å²) in [6.07, 6.45) is -15.8. The zero-order valence-corrected chi connectivity index (χ0v) is 25.6. The first-order chi connectivity index (χ1) is 16.7. The van der Waals surface area contributed by atoms with E-state index < -0.39 is 95.4 Å². The fourth-order valence-electron chi connectivity index (χ4n) is 3.34. The van der Waals surface area contributed by atoms with Crippen molar-refractivity contribution in [2.75, 3.05) is 13.2 Å². The molecule has 4 unspecified atom stereocenters. The molecule has 2 fully saturated rings. The second kappa shape index (κ2) is 14.7. The quantitative estimate of drug-likeness (QED) is 0.101. The van der Waals surface area contributed by atoms with Crippen LogP contribution in [0, 0.1) is 0 Å². The Labute approximate surface area is 256 Å². The van der Waals surface area contributed by atoms with Gasteiger partial charge in [-0.3, -0.25) is 28.0 Å². The van der Waals surface area contributed by atoms with Crippen LogP contribution in [0.5, 0.6) is 0 Å². The molecular formula is C15H22N2Na2O17P2. The minimum absolute atomic E-state index is 0. The second-order valence-corrected chi connectivity index (χ2v) is 10.5. The summed E-state index contributed by atoms with van der Waals surface area (Å²) < 4.78 is 47.1. The summed E-state index contributed by atoms with van der Waals surface area (Å²) in [6, 6.07) is 0.911. The molecule has 7 N–H and O–H groups in total. The monoisotopic (exact) mass is 610 g/mol. The van der Waals surface area contributed by atoms with E-state index in [1.165, 1.54) is 0 Å². The van der Waals surface area contributed by atoms with Gasteiger partial charge in [-0.05, 0) is 0 Å². The second-order valence-electron chi connectivity index (χ2n) is 7.64. The Kier molecular flexibility index (Phi) is 14.2. The molecule has 0 radical (unpaired) electrons. The first-order valence-electron chi connectivity index (χ1n) is 9.96. The number of aromatic nitrogens is 2. The number of ether oxygens (including phenoxy) is 2. The van der Waals surface area contributed by atoms with Gasteiger partial charge in [0.2, 0.25) is 0 Å². The zero-order chi connectivity index (χ0) is 27.0. The molecule has 0 bridgehead atoms. The normalized spacial score (nSPS) is 36.4. The molecule has 0 amide bonds.